The van der Waals surface area contributed by atoms with Crippen LogP contribution in [0.2, 0.25) is 0 Å². The van der Waals surface area contributed by atoms with Crippen LogP contribution in [0.3, 0.4) is 0 Å². The van der Waals surface area contributed by atoms with Crippen molar-refractivity contribution in [2.24, 2.45) is 0 Å². The Morgan fingerprint density at radius 2 is 0.796 bits per heavy atom. The Balaban J connectivity index is 1.37. The zero-order valence-corrected chi connectivity index (χ0v) is 29.7. The fourth-order valence-corrected chi connectivity index (χ4v) is 6.92. The number of fused-ring (bicyclic) bond motifs is 8. The first-order chi connectivity index (χ1) is 26.6. The van der Waals surface area contributed by atoms with E-state index in [0.717, 1.165) is 101 Å². The molecule has 8 nitrogen and oxygen atoms in total. The predicted octanol–water partition coefficient (Wildman–Crippen LogP) is 11.5. The monoisotopic (exact) mass is 704 g/mol. The van der Waals surface area contributed by atoms with Crippen LogP contribution >= 0.6 is 0 Å². The molecule has 0 saturated carbocycles. The lowest BCUT2D eigenvalue weighted by molar-refractivity contribution is 0.415. The van der Waals surface area contributed by atoms with Gasteiger partial charge in [0.15, 0.2) is 0 Å². The van der Waals surface area contributed by atoms with Crippen LogP contribution in [0.15, 0.2) is 133 Å². The first-order valence-corrected chi connectivity index (χ1v) is 17.7. The average Bonchev–Trinajstić information content (AvgIpc) is 4.07. The van der Waals surface area contributed by atoms with Gasteiger partial charge in [-0.25, -0.2) is 9.97 Å². The lowest BCUT2D eigenvalue weighted by Gasteiger charge is -2.10. The molecule has 4 N–H and O–H groups in total. The van der Waals surface area contributed by atoms with E-state index in [1.807, 2.05) is 60.7 Å². The zero-order chi connectivity index (χ0) is 36.4. The molecule has 0 unspecified atom stereocenters. The van der Waals surface area contributed by atoms with E-state index in [2.05, 4.69) is 118 Å². The number of aromatic amines is 2. The summed E-state index contributed by atoms with van der Waals surface area (Å²) in [5.41, 5.74) is 14.4. The van der Waals surface area contributed by atoms with E-state index in [1.165, 1.54) is 0 Å². The Kier molecular flexibility index (Phi) is 8.45. The van der Waals surface area contributed by atoms with E-state index in [4.69, 9.17) is 19.4 Å². The predicted molar refractivity (Wildman–Crippen MR) is 222 cm³/mol. The molecule has 2 aliphatic heterocycles. The van der Waals surface area contributed by atoms with Gasteiger partial charge in [0, 0.05) is 33.5 Å². The molecule has 0 amide bonds. The Labute approximate surface area is 312 Å². The molecule has 262 valence electrons. The second-order valence-electron chi connectivity index (χ2n) is 12.9. The van der Waals surface area contributed by atoms with Crippen LogP contribution in [-0.2, 0) is 0 Å². The summed E-state index contributed by atoms with van der Waals surface area (Å²) in [6.07, 6.45) is 8.27. The number of anilines is 4. The van der Waals surface area contributed by atoms with Crippen LogP contribution in [0.5, 0.6) is 11.5 Å². The maximum Gasteiger partial charge on any atom is 0.119 e. The van der Waals surface area contributed by atoms with Crippen molar-refractivity contribution in [1.82, 2.24) is 19.9 Å². The fraction of sp³-hybridized carbons (Fsp3) is 0.0435. The van der Waals surface area contributed by atoms with E-state index in [1.54, 1.807) is 14.2 Å². The molecule has 4 aromatic carbocycles. The van der Waals surface area contributed by atoms with Crippen molar-refractivity contribution in [3.8, 4) is 33.8 Å². The van der Waals surface area contributed by atoms with Gasteiger partial charge in [-0.05, 0) is 108 Å². The summed E-state index contributed by atoms with van der Waals surface area (Å²) in [4.78, 5) is 18.1. The van der Waals surface area contributed by atoms with Crippen molar-refractivity contribution in [1.29, 1.82) is 0 Å². The number of nitrogens with zero attached hydrogens (tertiary/aromatic N) is 2. The van der Waals surface area contributed by atoms with Gasteiger partial charge >= 0.3 is 0 Å². The number of H-pyrrole nitrogens is 2. The van der Waals surface area contributed by atoms with Gasteiger partial charge in [0.25, 0.3) is 0 Å². The highest BCUT2D eigenvalue weighted by Crippen LogP contribution is 2.37. The van der Waals surface area contributed by atoms with Gasteiger partial charge in [-0.15, -0.1) is 0 Å². The first-order valence-electron chi connectivity index (χ1n) is 17.7. The highest BCUT2D eigenvalue weighted by atomic mass is 16.5. The van der Waals surface area contributed by atoms with Gasteiger partial charge in [0.1, 0.15) is 11.5 Å². The molecule has 3 aromatic heterocycles. The summed E-state index contributed by atoms with van der Waals surface area (Å²) < 4.78 is 10.9. The summed E-state index contributed by atoms with van der Waals surface area (Å²) >= 11 is 0. The number of methoxy groups -OCH3 is 2. The van der Waals surface area contributed by atoms with Gasteiger partial charge in [-0.1, -0.05) is 60.7 Å². The van der Waals surface area contributed by atoms with Crippen molar-refractivity contribution in [2.75, 3.05) is 24.9 Å². The van der Waals surface area contributed by atoms with Crippen LogP contribution in [0.4, 0.5) is 22.7 Å². The summed E-state index contributed by atoms with van der Waals surface area (Å²) in [5, 5.41) is 7.35. The molecule has 9 rings (SSSR count). The Morgan fingerprint density at radius 1 is 0.407 bits per heavy atom. The number of rotatable bonds is 8. The number of hydrogen-bond acceptors (Lipinski definition) is 6. The lowest BCUT2D eigenvalue weighted by atomic mass is 10.0. The molecule has 0 fully saturated rings. The zero-order valence-electron chi connectivity index (χ0n) is 29.7. The van der Waals surface area contributed by atoms with Gasteiger partial charge in [-0.2, -0.15) is 0 Å². The van der Waals surface area contributed by atoms with Crippen LogP contribution in [0.1, 0.15) is 22.8 Å². The lowest BCUT2D eigenvalue weighted by Crippen LogP contribution is -1.97. The molecule has 0 aliphatic carbocycles. The highest BCUT2D eigenvalue weighted by Gasteiger charge is 2.18. The van der Waals surface area contributed by atoms with Gasteiger partial charge in [0.05, 0.1) is 59.4 Å². The minimum Gasteiger partial charge on any atom is -0.497 e. The smallest absolute Gasteiger partial charge is 0.119 e. The topological polar surface area (TPSA) is 99.9 Å². The highest BCUT2D eigenvalue weighted by molar-refractivity contribution is 5.99. The molecular formula is C46H36N6O2. The van der Waals surface area contributed by atoms with E-state index in [0.29, 0.717) is 0 Å². The molecule has 2 aliphatic rings. The third-order valence-electron chi connectivity index (χ3n) is 9.60. The minimum absolute atomic E-state index is 0.773. The van der Waals surface area contributed by atoms with E-state index >= 15 is 0 Å². The molecule has 54 heavy (non-hydrogen) atoms. The average molecular weight is 705 g/mol. The third-order valence-corrected chi connectivity index (χ3v) is 9.60. The summed E-state index contributed by atoms with van der Waals surface area (Å²) in [7, 11) is 3.34. The van der Waals surface area contributed by atoms with Crippen LogP contribution in [0.25, 0.3) is 68.6 Å². The van der Waals surface area contributed by atoms with Gasteiger partial charge in [-0.3, -0.25) is 0 Å². The third kappa shape index (κ3) is 6.26. The molecule has 0 atom stereocenters. The normalized spacial score (nSPS) is 11.7. The van der Waals surface area contributed by atoms with Crippen molar-refractivity contribution in [2.45, 2.75) is 0 Å². The molecule has 5 heterocycles. The molecule has 8 bridgehead atoms. The quantitative estimate of drug-likeness (QED) is 0.126. The second kappa shape index (κ2) is 14.0. The second-order valence-corrected chi connectivity index (χ2v) is 12.9. The fourth-order valence-electron chi connectivity index (χ4n) is 6.92. The first kappa shape index (κ1) is 32.6. The summed E-state index contributed by atoms with van der Waals surface area (Å²) in [5.74, 6) is 1.57. The van der Waals surface area contributed by atoms with Crippen molar-refractivity contribution in [3.63, 3.8) is 0 Å². The number of aromatic nitrogens is 4. The van der Waals surface area contributed by atoms with Gasteiger partial charge < -0.3 is 30.1 Å². The number of benzene rings is 4. The van der Waals surface area contributed by atoms with E-state index in [-0.39, 0.29) is 0 Å². The Hall–Kier alpha value is -7.32. The molecule has 0 spiro atoms. The van der Waals surface area contributed by atoms with E-state index < -0.39 is 0 Å². The SMILES string of the molecule is COc1ccc(Nc2c3nc(c(-c4ccccc4)c4ccc([nH]4)c(Nc4ccc(OC)cc4)c4ccc([nH]4)c(-c4ccccc4)c4nc2C=C4)C=C3)cc1. The van der Waals surface area contributed by atoms with Crippen molar-refractivity contribution >= 4 is 69.1 Å². The van der Waals surface area contributed by atoms with Crippen molar-refractivity contribution < 1.29 is 9.47 Å². The molecule has 7 aromatic rings. The minimum atomic E-state index is 0.773. The maximum absolute atomic E-state index is 5.44. The van der Waals surface area contributed by atoms with Crippen LogP contribution < -0.4 is 20.1 Å². The summed E-state index contributed by atoms with van der Waals surface area (Å²) in [6, 6.07) is 45.0. The number of nitrogens with one attached hydrogen (secondary N) is 4. The van der Waals surface area contributed by atoms with Gasteiger partial charge in [0.2, 0.25) is 0 Å². The van der Waals surface area contributed by atoms with Crippen LogP contribution in [-0.4, -0.2) is 34.2 Å². The molecule has 8 heteroatoms. The Bertz CT molecular complexity index is 2570. The molecule has 0 radical (unpaired) electrons. The standard InChI is InChI=1S/C46H36N6O2/c1-53-33-17-13-31(14-18-33)47-45-39-25-21-35(49-39)43(29-9-5-3-6-10-29)37-23-27-41(51-37)46(48-32-15-19-34(54-2)20-16-32)42-28-24-38(52-42)44(30-11-7-4-8-12-30)36-22-26-40(45)50-36/h3-28,47-50H,1-2H3. The summed E-state index contributed by atoms with van der Waals surface area (Å²) in [6.45, 7) is 0. The number of ether oxygens (including phenoxy) is 2. The number of hydrogen-bond donors (Lipinski definition) is 4. The molecule has 0 saturated heterocycles. The largest absolute Gasteiger partial charge is 0.497 e. The maximum atomic E-state index is 5.44. The van der Waals surface area contributed by atoms with E-state index in [9.17, 15) is 0 Å². The van der Waals surface area contributed by atoms with Crippen molar-refractivity contribution in [3.05, 3.63) is 156 Å². The van der Waals surface area contributed by atoms with Crippen LogP contribution in [0, 0.1) is 0 Å². The Morgan fingerprint density at radius 3 is 1.22 bits per heavy atom. The molecular weight excluding hydrogens is 669 g/mol.